The number of hydrogen-bond acceptors (Lipinski definition) is 8. The number of aromatic nitrogens is 4. The number of anilines is 1. The molecule has 0 saturated heterocycles. The Morgan fingerprint density at radius 3 is 2.64 bits per heavy atom. The van der Waals surface area contributed by atoms with E-state index >= 15 is 0 Å². The number of carboxylic acid groups (broad SMARTS) is 1. The van der Waals surface area contributed by atoms with Gasteiger partial charge in [-0.05, 0) is 31.9 Å². The number of imidazole rings is 1. The van der Waals surface area contributed by atoms with Crippen LogP contribution < -0.4 is 20.5 Å². The third-order valence-electron chi connectivity index (χ3n) is 4.79. The average molecular weight is 454 g/mol. The number of nitrogens with two attached hydrogens (primary N) is 1. The topological polar surface area (TPSA) is 154 Å². The lowest BCUT2D eigenvalue weighted by Crippen LogP contribution is -2.26. The zero-order valence-corrected chi connectivity index (χ0v) is 18.4. The first kappa shape index (κ1) is 23.5. The normalized spacial score (nSPS) is 11.1. The fourth-order valence-corrected chi connectivity index (χ4v) is 3.18. The van der Waals surface area contributed by atoms with E-state index in [1.165, 1.54) is 19.2 Å². The van der Waals surface area contributed by atoms with Crippen LogP contribution in [0.4, 0.5) is 5.82 Å². The Labute approximate surface area is 190 Å². The number of fused-ring (bicyclic) bond motifs is 1. The van der Waals surface area contributed by atoms with Crippen molar-refractivity contribution >= 4 is 28.9 Å². The van der Waals surface area contributed by atoms with Crippen LogP contribution >= 0.6 is 0 Å². The molecular formula is C22H26N6O5. The first-order chi connectivity index (χ1) is 16.0. The molecular weight excluding hydrogens is 428 g/mol. The quantitative estimate of drug-likeness (QED) is 0.292. The van der Waals surface area contributed by atoms with Gasteiger partial charge in [-0.2, -0.15) is 15.0 Å². The number of carbonyl (C=O) groups is 2. The van der Waals surface area contributed by atoms with Gasteiger partial charge in [0.1, 0.15) is 6.61 Å². The minimum absolute atomic E-state index is 0.0330. The van der Waals surface area contributed by atoms with Crippen molar-refractivity contribution < 1.29 is 24.2 Å². The lowest BCUT2D eigenvalue weighted by atomic mass is 10.1. The summed E-state index contributed by atoms with van der Waals surface area (Å²) < 4.78 is 12.6. The van der Waals surface area contributed by atoms with Crippen molar-refractivity contribution in [3.63, 3.8) is 0 Å². The van der Waals surface area contributed by atoms with Crippen LogP contribution in [-0.2, 0) is 6.54 Å². The van der Waals surface area contributed by atoms with Gasteiger partial charge in [0.05, 0.1) is 18.2 Å². The SMILES string of the molecule is C/C=C/COc1nc(N)c2nc(OC)n(CCCCNC(=O)c3ccccc3C(=O)O)c2n1. The molecule has 4 N–H and O–H groups in total. The van der Waals surface area contributed by atoms with Crippen LogP contribution in [0, 0.1) is 0 Å². The number of ether oxygens (including phenoxy) is 2. The van der Waals surface area contributed by atoms with Gasteiger partial charge in [-0.1, -0.05) is 24.3 Å². The maximum Gasteiger partial charge on any atom is 0.336 e. The molecule has 0 bridgehead atoms. The Morgan fingerprint density at radius 2 is 1.94 bits per heavy atom. The maximum absolute atomic E-state index is 12.4. The molecule has 2 heterocycles. The van der Waals surface area contributed by atoms with Gasteiger partial charge in [0, 0.05) is 13.1 Å². The Balaban J connectivity index is 1.64. The van der Waals surface area contributed by atoms with E-state index in [4.69, 9.17) is 15.2 Å². The van der Waals surface area contributed by atoms with Gasteiger partial charge >= 0.3 is 12.0 Å². The highest BCUT2D eigenvalue weighted by atomic mass is 16.5. The number of rotatable bonds is 11. The number of nitrogen functional groups attached to an aromatic ring is 1. The summed E-state index contributed by atoms with van der Waals surface area (Å²) in [7, 11) is 1.50. The monoisotopic (exact) mass is 454 g/mol. The van der Waals surface area contributed by atoms with E-state index in [1.807, 2.05) is 19.1 Å². The largest absolute Gasteiger partial charge is 0.478 e. The Hall–Kier alpha value is -4.15. The van der Waals surface area contributed by atoms with Crippen molar-refractivity contribution in [3.8, 4) is 12.0 Å². The standard InChI is InChI=1S/C22H26N6O5/c1-3-4-13-33-21-26-17(23)16-18(27-21)28(22(25-16)32-2)12-8-7-11-24-19(29)14-9-5-6-10-15(14)20(30)31/h3-6,9-10H,7-8,11-13H2,1-2H3,(H,24,29)(H,30,31)(H2,23,26,27)/b4-3+. The van der Waals surface area contributed by atoms with Crippen LogP contribution in [0.5, 0.6) is 12.0 Å². The van der Waals surface area contributed by atoms with E-state index in [0.29, 0.717) is 49.7 Å². The van der Waals surface area contributed by atoms with Crippen molar-refractivity contribution in [2.24, 2.45) is 0 Å². The summed E-state index contributed by atoms with van der Waals surface area (Å²) in [4.78, 5) is 36.6. The number of nitrogens with one attached hydrogen (secondary N) is 1. The minimum Gasteiger partial charge on any atom is -0.478 e. The molecule has 0 spiro atoms. The molecule has 3 rings (SSSR count). The lowest BCUT2D eigenvalue weighted by molar-refractivity contribution is 0.0691. The minimum atomic E-state index is -1.14. The van der Waals surface area contributed by atoms with Crippen LogP contribution in [-0.4, -0.2) is 56.8 Å². The van der Waals surface area contributed by atoms with Gasteiger partial charge in [0.15, 0.2) is 17.0 Å². The van der Waals surface area contributed by atoms with E-state index in [0.717, 1.165) is 0 Å². The first-order valence-corrected chi connectivity index (χ1v) is 10.4. The molecule has 0 atom stereocenters. The zero-order valence-electron chi connectivity index (χ0n) is 18.4. The Bertz CT molecular complexity index is 1170. The van der Waals surface area contributed by atoms with E-state index in [9.17, 15) is 14.7 Å². The van der Waals surface area contributed by atoms with E-state index in [-0.39, 0.29) is 23.0 Å². The van der Waals surface area contributed by atoms with Crippen LogP contribution in [0.25, 0.3) is 11.2 Å². The van der Waals surface area contributed by atoms with E-state index < -0.39 is 11.9 Å². The molecule has 0 unspecified atom stereocenters. The molecule has 33 heavy (non-hydrogen) atoms. The number of allylic oxidation sites excluding steroid dienone is 1. The summed E-state index contributed by atoms with van der Waals surface area (Å²) in [6.45, 7) is 3.08. The molecule has 11 heteroatoms. The molecule has 1 amide bonds. The summed E-state index contributed by atoms with van der Waals surface area (Å²) in [6, 6.07) is 6.58. The number of unbranched alkanes of at least 4 members (excludes halogenated alkanes) is 1. The second kappa shape index (κ2) is 10.9. The number of benzene rings is 1. The molecule has 11 nitrogen and oxygen atoms in total. The number of carbonyl (C=O) groups excluding carboxylic acids is 1. The number of carboxylic acids is 1. The smallest absolute Gasteiger partial charge is 0.336 e. The summed E-state index contributed by atoms with van der Waals surface area (Å²) in [5, 5.41) is 12.0. The summed E-state index contributed by atoms with van der Waals surface area (Å²) >= 11 is 0. The second-order valence-electron chi connectivity index (χ2n) is 7.01. The third kappa shape index (κ3) is 5.56. The van der Waals surface area contributed by atoms with Gasteiger partial charge in [-0.25, -0.2) is 4.79 Å². The van der Waals surface area contributed by atoms with Gasteiger partial charge in [-0.3, -0.25) is 9.36 Å². The molecule has 0 aliphatic rings. The van der Waals surface area contributed by atoms with Crippen molar-refractivity contribution in [2.75, 3.05) is 26.0 Å². The first-order valence-electron chi connectivity index (χ1n) is 10.4. The lowest BCUT2D eigenvalue weighted by Gasteiger charge is -2.10. The number of amides is 1. The number of aryl methyl sites for hydroxylation is 1. The van der Waals surface area contributed by atoms with Gasteiger partial charge < -0.3 is 25.6 Å². The summed E-state index contributed by atoms with van der Waals surface area (Å²) in [5.74, 6) is -1.38. The predicted octanol–water partition coefficient (Wildman–Crippen LogP) is 2.28. The maximum atomic E-state index is 12.4. The van der Waals surface area contributed by atoms with Crippen LogP contribution in [0.15, 0.2) is 36.4 Å². The fourth-order valence-electron chi connectivity index (χ4n) is 3.18. The van der Waals surface area contributed by atoms with Crippen LogP contribution in [0.3, 0.4) is 0 Å². The Kier molecular flexibility index (Phi) is 7.79. The van der Waals surface area contributed by atoms with Crippen molar-refractivity contribution in [2.45, 2.75) is 26.3 Å². The fraction of sp³-hybridized carbons (Fsp3) is 0.318. The molecule has 3 aromatic rings. The van der Waals surface area contributed by atoms with E-state index in [1.54, 1.807) is 16.7 Å². The number of methoxy groups -OCH3 is 1. The molecule has 1 aromatic carbocycles. The molecule has 0 fully saturated rings. The number of hydrogen-bond donors (Lipinski definition) is 3. The molecule has 0 radical (unpaired) electrons. The van der Waals surface area contributed by atoms with Crippen LogP contribution in [0.2, 0.25) is 0 Å². The zero-order chi connectivity index (χ0) is 23.8. The molecule has 2 aromatic heterocycles. The average Bonchev–Trinajstić information content (AvgIpc) is 3.17. The molecule has 0 aliphatic carbocycles. The van der Waals surface area contributed by atoms with Crippen molar-refractivity contribution in [3.05, 3.63) is 47.5 Å². The molecule has 0 saturated carbocycles. The van der Waals surface area contributed by atoms with Gasteiger partial charge in [0.25, 0.3) is 11.9 Å². The van der Waals surface area contributed by atoms with Crippen LogP contribution in [0.1, 0.15) is 40.5 Å². The van der Waals surface area contributed by atoms with E-state index in [2.05, 4.69) is 20.3 Å². The highest BCUT2D eigenvalue weighted by Gasteiger charge is 2.18. The number of aromatic carboxylic acids is 1. The summed E-state index contributed by atoms with van der Waals surface area (Å²) in [6.07, 6.45) is 4.98. The highest BCUT2D eigenvalue weighted by molar-refractivity contribution is 6.04. The third-order valence-corrected chi connectivity index (χ3v) is 4.79. The summed E-state index contributed by atoms with van der Waals surface area (Å²) in [5.41, 5.74) is 7.04. The number of nitrogens with zero attached hydrogens (tertiary/aromatic N) is 4. The van der Waals surface area contributed by atoms with Gasteiger partial charge in [-0.15, -0.1) is 0 Å². The second-order valence-corrected chi connectivity index (χ2v) is 7.01. The van der Waals surface area contributed by atoms with Crippen molar-refractivity contribution in [1.29, 1.82) is 0 Å². The molecule has 174 valence electrons. The van der Waals surface area contributed by atoms with Crippen molar-refractivity contribution in [1.82, 2.24) is 24.8 Å². The predicted molar refractivity (Wildman–Crippen MR) is 122 cm³/mol. The Morgan fingerprint density at radius 1 is 1.18 bits per heavy atom. The molecule has 0 aliphatic heterocycles. The van der Waals surface area contributed by atoms with Gasteiger partial charge in [0.2, 0.25) is 0 Å². The highest BCUT2D eigenvalue weighted by Crippen LogP contribution is 2.25.